The summed E-state index contributed by atoms with van der Waals surface area (Å²) in [7, 11) is 0. The van der Waals surface area contributed by atoms with E-state index in [1.165, 1.54) is 0 Å². The topological polar surface area (TPSA) is 95.5 Å². The number of imide groups is 1. The Hall–Kier alpha value is -1.79. The summed E-state index contributed by atoms with van der Waals surface area (Å²) in [5, 5.41) is 14.9. The van der Waals surface area contributed by atoms with Crippen molar-refractivity contribution in [3.8, 4) is 0 Å². The van der Waals surface area contributed by atoms with E-state index in [9.17, 15) is 14.4 Å². The van der Waals surface area contributed by atoms with Gasteiger partial charge in [0.2, 0.25) is 0 Å². The number of carboxylic acids is 1. The summed E-state index contributed by atoms with van der Waals surface area (Å²) in [4.78, 5) is 35.0. The molecule has 1 aromatic rings. The first-order valence-electron chi connectivity index (χ1n) is 7.13. The Bertz CT molecular complexity index is 688. The summed E-state index contributed by atoms with van der Waals surface area (Å²) in [5.74, 6) is -2.43. The van der Waals surface area contributed by atoms with Crippen molar-refractivity contribution in [1.29, 1.82) is 0 Å². The number of urea groups is 1. The molecule has 0 spiro atoms. The van der Waals surface area contributed by atoms with Crippen LogP contribution in [0.3, 0.4) is 0 Å². The van der Waals surface area contributed by atoms with E-state index in [-0.39, 0.29) is 6.42 Å². The van der Waals surface area contributed by atoms with Crippen molar-refractivity contribution in [3.63, 3.8) is 0 Å². The largest absolute Gasteiger partial charge is 0.481 e. The van der Waals surface area contributed by atoms with Crippen molar-refractivity contribution in [3.05, 3.63) is 33.8 Å². The summed E-state index contributed by atoms with van der Waals surface area (Å²) in [5.41, 5.74) is -0.363. The van der Waals surface area contributed by atoms with Crippen LogP contribution in [-0.4, -0.2) is 28.6 Å². The van der Waals surface area contributed by atoms with Gasteiger partial charge in [-0.15, -0.1) is 0 Å². The molecule has 0 bridgehead atoms. The number of carboxylic acid groups (broad SMARTS) is 1. The first kappa shape index (κ1) is 16.1. The normalized spacial score (nSPS) is 29.1. The molecule has 23 heavy (non-hydrogen) atoms. The number of hydrogen-bond donors (Lipinski definition) is 3. The van der Waals surface area contributed by atoms with E-state index < -0.39 is 35.3 Å². The molecule has 1 heterocycles. The minimum Gasteiger partial charge on any atom is -0.481 e. The molecular formula is C15H14Cl2N2O4. The van der Waals surface area contributed by atoms with E-state index in [1.807, 2.05) is 0 Å². The van der Waals surface area contributed by atoms with E-state index in [1.54, 1.807) is 18.2 Å². The second-order valence-electron chi connectivity index (χ2n) is 5.94. The highest BCUT2D eigenvalue weighted by atomic mass is 35.5. The van der Waals surface area contributed by atoms with Gasteiger partial charge in [-0.05, 0) is 43.0 Å². The molecule has 1 saturated heterocycles. The van der Waals surface area contributed by atoms with Crippen molar-refractivity contribution >= 4 is 41.1 Å². The number of nitrogens with one attached hydrogen (secondary N) is 2. The second kappa shape index (κ2) is 5.69. The van der Waals surface area contributed by atoms with Crippen LogP contribution in [0.4, 0.5) is 4.79 Å². The van der Waals surface area contributed by atoms with Crippen LogP contribution in [0.15, 0.2) is 18.2 Å². The molecule has 1 saturated carbocycles. The maximum Gasteiger partial charge on any atom is 0.322 e. The molecule has 2 aliphatic rings. The maximum absolute atomic E-state index is 12.3. The number of carbonyl (C=O) groups excluding carboxylic acids is 2. The summed E-state index contributed by atoms with van der Waals surface area (Å²) >= 11 is 11.9. The van der Waals surface area contributed by atoms with Crippen molar-refractivity contribution in [2.24, 2.45) is 11.8 Å². The lowest BCUT2D eigenvalue weighted by Crippen LogP contribution is -2.50. The number of halogens is 2. The number of benzene rings is 1. The van der Waals surface area contributed by atoms with Gasteiger partial charge in [-0.3, -0.25) is 14.9 Å². The highest BCUT2D eigenvalue weighted by Gasteiger charge is 2.62. The van der Waals surface area contributed by atoms with Crippen LogP contribution in [0.25, 0.3) is 0 Å². The van der Waals surface area contributed by atoms with Crippen molar-refractivity contribution in [2.75, 3.05) is 0 Å². The zero-order valence-electron chi connectivity index (χ0n) is 11.9. The maximum atomic E-state index is 12.3. The highest BCUT2D eigenvalue weighted by molar-refractivity contribution is 6.34. The quantitative estimate of drug-likeness (QED) is 0.704. The molecule has 1 unspecified atom stereocenters. The lowest BCUT2D eigenvalue weighted by molar-refractivity contribution is -0.139. The van der Waals surface area contributed by atoms with Gasteiger partial charge in [0.1, 0.15) is 5.54 Å². The summed E-state index contributed by atoms with van der Waals surface area (Å²) in [6.07, 6.45) is 1.10. The molecule has 3 amide bonds. The fourth-order valence-corrected chi connectivity index (χ4v) is 3.81. The molecule has 122 valence electrons. The van der Waals surface area contributed by atoms with Gasteiger partial charge in [-0.1, -0.05) is 23.2 Å². The van der Waals surface area contributed by atoms with Gasteiger partial charge in [-0.2, -0.15) is 0 Å². The summed E-state index contributed by atoms with van der Waals surface area (Å²) < 4.78 is 0. The zero-order valence-corrected chi connectivity index (χ0v) is 13.4. The lowest BCUT2D eigenvalue weighted by atomic mass is 9.85. The molecule has 0 aromatic heterocycles. The highest BCUT2D eigenvalue weighted by Crippen LogP contribution is 2.49. The third-order valence-corrected chi connectivity index (χ3v) is 4.88. The minimum absolute atomic E-state index is 0.287. The van der Waals surface area contributed by atoms with E-state index in [2.05, 4.69) is 10.6 Å². The average molecular weight is 357 g/mol. The Balaban J connectivity index is 1.81. The second-order valence-corrected chi connectivity index (χ2v) is 6.82. The molecule has 3 atom stereocenters. The Kier molecular flexibility index (Phi) is 3.98. The fourth-order valence-electron chi connectivity index (χ4n) is 3.24. The van der Waals surface area contributed by atoms with Gasteiger partial charge < -0.3 is 10.4 Å². The predicted octanol–water partition coefficient (Wildman–Crippen LogP) is 2.22. The molecular weight excluding hydrogens is 343 g/mol. The number of aryl methyl sites for hydroxylation is 1. The molecule has 2 fully saturated rings. The standard InChI is InChI=1S/C15H14Cl2N2O4/c16-8-3-7(4-9(17)5-8)1-2-15(11-6-10(11)12(20)21)13(22)18-14(23)19-15/h3-5,10-11H,1-2,6H2,(H,20,21)(H2,18,19,22,23)/t10-,11-,15?/m0/s1. The molecule has 1 aliphatic heterocycles. The van der Waals surface area contributed by atoms with Crippen LogP contribution >= 0.6 is 23.2 Å². The number of carbonyl (C=O) groups is 3. The first-order valence-corrected chi connectivity index (χ1v) is 7.89. The van der Waals surface area contributed by atoms with Crippen LogP contribution < -0.4 is 10.6 Å². The van der Waals surface area contributed by atoms with Gasteiger partial charge in [0.05, 0.1) is 5.92 Å². The van der Waals surface area contributed by atoms with Gasteiger partial charge in [0.25, 0.3) is 5.91 Å². The van der Waals surface area contributed by atoms with E-state index in [4.69, 9.17) is 28.3 Å². The van der Waals surface area contributed by atoms with Crippen molar-refractivity contribution < 1.29 is 19.5 Å². The Morgan fingerprint density at radius 2 is 1.91 bits per heavy atom. The first-order chi connectivity index (χ1) is 10.8. The van der Waals surface area contributed by atoms with Crippen molar-refractivity contribution in [1.82, 2.24) is 10.6 Å². The Morgan fingerprint density at radius 3 is 2.39 bits per heavy atom. The summed E-state index contributed by atoms with van der Waals surface area (Å²) in [6, 6.07) is 4.48. The van der Waals surface area contributed by atoms with Gasteiger partial charge in [-0.25, -0.2) is 4.79 Å². The van der Waals surface area contributed by atoms with E-state index >= 15 is 0 Å². The van der Waals surface area contributed by atoms with Crippen molar-refractivity contribution in [2.45, 2.75) is 24.8 Å². The van der Waals surface area contributed by atoms with Gasteiger partial charge in [0.15, 0.2) is 0 Å². The Morgan fingerprint density at radius 1 is 1.26 bits per heavy atom. The molecule has 1 aromatic carbocycles. The van der Waals surface area contributed by atoms with E-state index in [0.717, 1.165) is 5.56 Å². The van der Waals surface area contributed by atoms with Crippen LogP contribution in [0.1, 0.15) is 18.4 Å². The smallest absolute Gasteiger partial charge is 0.322 e. The fraction of sp³-hybridized carbons (Fsp3) is 0.400. The van der Waals surface area contributed by atoms with Gasteiger partial charge >= 0.3 is 12.0 Å². The third-order valence-electron chi connectivity index (χ3n) is 4.44. The van der Waals surface area contributed by atoms with Crippen LogP contribution in [0, 0.1) is 11.8 Å². The third kappa shape index (κ3) is 3.01. The predicted molar refractivity (Wildman–Crippen MR) is 83.4 cm³/mol. The molecule has 6 nitrogen and oxygen atoms in total. The SMILES string of the molecule is O=C1NC(=O)C(CCc2cc(Cl)cc(Cl)c2)([C@H]2C[C@@H]2C(=O)O)N1. The number of aliphatic carboxylic acids is 1. The zero-order chi connectivity index (χ0) is 16.8. The van der Waals surface area contributed by atoms with Gasteiger partial charge in [0, 0.05) is 16.0 Å². The average Bonchev–Trinajstić information content (AvgIpc) is 3.18. The summed E-state index contributed by atoms with van der Waals surface area (Å²) in [6.45, 7) is 0. The number of amides is 3. The van der Waals surface area contributed by atoms with Crippen LogP contribution in [-0.2, 0) is 16.0 Å². The number of hydrogen-bond acceptors (Lipinski definition) is 3. The van der Waals surface area contributed by atoms with E-state index in [0.29, 0.717) is 22.9 Å². The Labute approximate surface area is 142 Å². The molecule has 3 N–H and O–H groups in total. The minimum atomic E-state index is -1.19. The molecule has 1 aliphatic carbocycles. The molecule has 3 rings (SSSR count). The molecule has 8 heteroatoms. The lowest BCUT2D eigenvalue weighted by Gasteiger charge is -2.26. The van der Waals surface area contributed by atoms with Crippen LogP contribution in [0.5, 0.6) is 0 Å². The van der Waals surface area contributed by atoms with Crippen LogP contribution in [0.2, 0.25) is 10.0 Å². The molecule has 0 radical (unpaired) electrons. The number of rotatable bonds is 5. The monoisotopic (exact) mass is 356 g/mol.